The molecule has 1 aliphatic heterocycles. The number of ether oxygens (including phenoxy) is 1. The fourth-order valence-electron chi connectivity index (χ4n) is 4.72. The minimum Gasteiger partial charge on any atom is -0.383 e. The van der Waals surface area contributed by atoms with Crippen LogP contribution in [-0.4, -0.2) is 54.0 Å². The molecule has 3 N–H and O–H groups in total. The Balaban J connectivity index is 1.46. The highest BCUT2D eigenvalue weighted by atomic mass is 32.1. The number of amides is 1. The van der Waals surface area contributed by atoms with Gasteiger partial charge in [-0.3, -0.25) is 9.48 Å². The minimum absolute atomic E-state index is 0.0126. The molecular formula is C26H32N6O2S2. The quantitative estimate of drug-likeness (QED) is 0.284. The Kier molecular flexibility index (Phi) is 7.49. The summed E-state index contributed by atoms with van der Waals surface area (Å²) in [7, 11) is 3.66. The van der Waals surface area contributed by atoms with Gasteiger partial charge in [-0.15, -0.1) is 22.7 Å². The lowest BCUT2D eigenvalue weighted by Crippen LogP contribution is -2.24. The van der Waals surface area contributed by atoms with Crippen LogP contribution in [0.4, 0.5) is 5.00 Å². The van der Waals surface area contributed by atoms with Gasteiger partial charge in [0.05, 0.1) is 22.5 Å². The Morgan fingerprint density at radius 1 is 1.22 bits per heavy atom. The van der Waals surface area contributed by atoms with Crippen molar-refractivity contribution in [3.8, 4) is 21.7 Å². The Labute approximate surface area is 219 Å². The van der Waals surface area contributed by atoms with Crippen LogP contribution in [0.25, 0.3) is 31.9 Å². The van der Waals surface area contributed by atoms with Gasteiger partial charge in [-0.25, -0.2) is 4.98 Å². The topological polar surface area (TPSA) is 93.1 Å². The number of hydrogen-bond acceptors (Lipinski definition) is 8. The van der Waals surface area contributed by atoms with E-state index >= 15 is 0 Å². The highest BCUT2D eigenvalue weighted by molar-refractivity contribution is 7.23. The minimum atomic E-state index is 0.0126. The van der Waals surface area contributed by atoms with Gasteiger partial charge in [0.2, 0.25) is 5.91 Å². The fourth-order valence-corrected chi connectivity index (χ4v) is 7.10. The van der Waals surface area contributed by atoms with E-state index in [2.05, 4.69) is 53.1 Å². The molecule has 0 saturated heterocycles. The van der Waals surface area contributed by atoms with Crippen LogP contribution in [-0.2, 0) is 29.5 Å². The molecule has 1 amide bonds. The molecule has 190 valence electrons. The second kappa shape index (κ2) is 10.8. The van der Waals surface area contributed by atoms with E-state index in [1.807, 2.05) is 11.7 Å². The van der Waals surface area contributed by atoms with E-state index in [0.717, 1.165) is 68.8 Å². The first-order valence-electron chi connectivity index (χ1n) is 12.2. The summed E-state index contributed by atoms with van der Waals surface area (Å²) >= 11 is 3.36. The molecule has 5 rings (SSSR count). The number of methoxy groups -OCH3 is 1. The van der Waals surface area contributed by atoms with Crippen molar-refractivity contribution < 1.29 is 9.53 Å². The van der Waals surface area contributed by atoms with E-state index in [1.54, 1.807) is 29.8 Å². The van der Waals surface area contributed by atoms with Crippen molar-refractivity contribution in [2.24, 2.45) is 7.05 Å². The number of fused-ring (bicyclic) bond motifs is 2. The third kappa shape index (κ3) is 4.96. The van der Waals surface area contributed by atoms with Gasteiger partial charge >= 0.3 is 0 Å². The molecule has 1 aliphatic rings. The number of carbonyl (C=O) groups is 1. The van der Waals surface area contributed by atoms with Gasteiger partial charge in [0.25, 0.3) is 0 Å². The van der Waals surface area contributed by atoms with Crippen LogP contribution in [0, 0.1) is 13.8 Å². The first-order valence-corrected chi connectivity index (χ1v) is 13.9. The zero-order chi connectivity index (χ0) is 25.2. The van der Waals surface area contributed by atoms with Gasteiger partial charge < -0.3 is 20.7 Å². The number of thiophene rings is 1. The Morgan fingerprint density at radius 2 is 2.08 bits per heavy atom. The van der Waals surface area contributed by atoms with E-state index in [-0.39, 0.29) is 5.91 Å². The average Bonchev–Trinajstić information content (AvgIpc) is 3.50. The highest BCUT2D eigenvalue weighted by Crippen LogP contribution is 2.45. The van der Waals surface area contributed by atoms with Crippen LogP contribution in [0.15, 0.2) is 18.2 Å². The Hall–Kier alpha value is -2.63. The van der Waals surface area contributed by atoms with Gasteiger partial charge in [-0.1, -0.05) is 6.07 Å². The van der Waals surface area contributed by atoms with Gasteiger partial charge in [0, 0.05) is 61.9 Å². The predicted molar refractivity (Wildman–Crippen MR) is 148 cm³/mol. The maximum atomic E-state index is 12.8. The number of anilines is 1. The summed E-state index contributed by atoms with van der Waals surface area (Å²) in [6, 6.07) is 6.45. The largest absolute Gasteiger partial charge is 0.383 e. The summed E-state index contributed by atoms with van der Waals surface area (Å²) in [5.74, 6) is 0.0126. The number of thiazole rings is 1. The summed E-state index contributed by atoms with van der Waals surface area (Å²) in [5, 5.41) is 16.3. The lowest BCUT2D eigenvalue weighted by atomic mass is 10.0. The number of carbonyl (C=O) groups excluding carboxylic acids is 1. The summed E-state index contributed by atoms with van der Waals surface area (Å²) in [4.78, 5) is 19.1. The van der Waals surface area contributed by atoms with E-state index < -0.39 is 0 Å². The lowest BCUT2D eigenvalue weighted by Gasteiger charge is -2.13. The molecular weight excluding hydrogens is 492 g/mol. The van der Waals surface area contributed by atoms with E-state index in [1.165, 1.54) is 16.0 Å². The summed E-state index contributed by atoms with van der Waals surface area (Å²) in [6.45, 7) is 7.91. The first kappa shape index (κ1) is 25.0. The third-order valence-electron chi connectivity index (χ3n) is 6.59. The van der Waals surface area contributed by atoms with Gasteiger partial charge in [0.1, 0.15) is 10.0 Å². The van der Waals surface area contributed by atoms with Crippen LogP contribution in [0.3, 0.4) is 0 Å². The molecule has 0 bridgehead atoms. The summed E-state index contributed by atoms with van der Waals surface area (Å²) in [5.41, 5.74) is 7.90. The number of hydrogen-bond donors (Lipinski definition) is 3. The molecule has 0 radical (unpaired) electrons. The standard InChI is InChI=1S/C26H32N6O2S2/c1-15-23(16(2)32(3)31-15)17-5-6-19-20(13-17)35-25(29-19)24-18-7-9-28-14-21(18)36-26(24)30-22(33)8-10-27-11-12-34-4/h5-6,13,27-28H,7-12,14H2,1-4H3,(H,30,33). The van der Waals surface area contributed by atoms with Crippen molar-refractivity contribution in [3.05, 3.63) is 40.0 Å². The molecule has 0 unspecified atom stereocenters. The number of aromatic nitrogens is 3. The molecule has 1 aromatic carbocycles. The smallest absolute Gasteiger partial charge is 0.226 e. The molecule has 4 aromatic rings. The van der Waals surface area contributed by atoms with E-state index in [9.17, 15) is 4.79 Å². The predicted octanol–water partition coefficient (Wildman–Crippen LogP) is 4.25. The monoisotopic (exact) mass is 524 g/mol. The number of rotatable bonds is 9. The fraction of sp³-hybridized carbons (Fsp3) is 0.423. The van der Waals surface area contributed by atoms with Crippen molar-refractivity contribution in [1.29, 1.82) is 0 Å². The maximum absolute atomic E-state index is 12.8. The maximum Gasteiger partial charge on any atom is 0.226 e. The number of benzene rings is 1. The van der Waals surface area contributed by atoms with Crippen LogP contribution < -0.4 is 16.0 Å². The van der Waals surface area contributed by atoms with Crippen molar-refractivity contribution in [2.75, 3.05) is 38.7 Å². The molecule has 8 nitrogen and oxygen atoms in total. The van der Waals surface area contributed by atoms with Crippen LogP contribution in [0.5, 0.6) is 0 Å². The molecule has 0 spiro atoms. The third-order valence-corrected chi connectivity index (χ3v) is 8.78. The van der Waals surface area contributed by atoms with Crippen molar-refractivity contribution in [2.45, 2.75) is 33.2 Å². The second-order valence-electron chi connectivity index (χ2n) is 9.05. The normalized spacial score (nSPS) is 13.3. The number of nitrogens with zero attached hydrogens (tertiary/aromatic N) is 3. The SMILES string of the molecule is COCCNCCC(=O)Nc1sc2c(c1-c1nc3ccc(-c4c(C)nn(C)c4C)cc3s1)CCNC2. The van der Waals surface area contributed by atoms with E-state index in [4.69, 9.17) is 9.72 Å². The van der Waals surface area contributed by atoms with Gasteiger partial charge in [-0.05, 0) is 50.1 Å². The summed E-state index contributed by atoms with van der Waals surface area (Å²) < 4.78 is 8.12. The van der Waals surface area contributed by atoms with Crippen molar-refractivity contribution in [3.63, 3.8) is 0 Å². The van der Waals surface area contributed by atoms with Crippen LogP contribution >= 0.6 is 22.7 Å². The number of nitrogens with one attached hydrogen (secondary N) is 3. The average molecular weight is 525 g/mol. The molecule has 36 heavy (non-hydrogen) atoms. The van der Waals surface area contributed by atoms with Crippen LogP contribution in [0.2, 0.25) is 0 Å². The number of aryl methyl sites for hydroxylation is 2. The second-order valence-corrected chi connectivity index (χ2v) is 11.2. The lowest BCUT2D eigenvalue weighted by molar-refractivity contribution is -0.116. The zero-order valence-electron chi connectivity index (χ0n) is 21.2. The van der Waals surface area contributed by atoms with E-state index in [0.29, 0.717) is 19.6 Å². The van der Waals surface area contributed by atoms with Gasteiger partial charge in [-0.2, -0.15) is 5.10 Å². The zero-order valence-corrected chi connectivity index (χ0v) is 22.8. The van der Waals surface area contributed by atoms with Crippen molar-refractivity contribution >= 4 is 43.8 Å². The molecule has 0 saturated carbocycles. The summed E-state index contributed by atoms with van der Waals surface area (Å²) in [6.07, 6.45) is 1.35. The molecule has 4 heterocycles. The Morgan fingerprint density at radius 3 is 2.86 bits per heavy atom. The molecule has 0 aliphatic carbocycles. The molecule has 0 atom stereocenters. The van der Waals surface area contributed by atoms with Crippen molar-refractivity contribution in [1.82, 2.24) is 25.4 Å². The first-order chi connectivity index (χ1) is 17.5. The van der Waals surface area contributed by atoms with Crippen LogP contribution in [0.1, 0.15) is 28.2 Å². The molecule has 10 heteroatoms. The van der Waals surface area contributed by atoms with Gasteiger partial charge in [0.15, 0.2) is 0 Å². The highest BCUT2D eigenvalue weighted by Gasteiger charge is 2.25. The Bertz CT molecular complexity index is 1400. The molecule has 0 fully saturated rings. The molecule has 3 aromatic heterocycles.